The normalized spacial score (nSPS) is 14.7. The fourth-order valence-electron chi connectivity index (χ4n) is 1.61. The first-order chi connectivity index (χ1) is 7.46. The molecule has 0 radical (unpaired) electrons. The number of rotatable bonds is 10. The predicted molar refractivity (Wildman–Crippen MR) is 78.3 cm³/mol. The van der Waals surface area contributed by atoms with Gasteiger partial charge in [-0.1, -0.05) is 0 Å². The molecule has 0 rings (SSSR count). The van der Waals surface area contributed by atoms with E-state index >= 15 is 0 Å². The second kappa shape index (κ2) is 7.92. The minimum atomic E-state index is -3.38. The monoisotopic (exact) mass is 268 g/mol. The van der Waals surface area contributed by atoms with Crippen molar-refractivity contribution in [3.05, 3.63) is 0 Å². The van der Waals surface area contributed by atoms with Crippen LogP contribution in [0, 0.1) is 0 Å². The number of hydrogen-bond acceptors (Lipinski definition) is 3. The number of unbranched alkanes of at least 4 members (excludes halogenated alkanes) is 3. The first kappa shape index (κ1) is 16.7. The summed E-state index contributed by atoms with van der Waals surface area (Å²) in [5.74, 6) is 0.898. The molecule has 2 N–H and O–H groups in total. The van der Waals surface area contributed by atoms with Crippen LogP contribution in [-0.2, 0) is 0 Å². The molecule has 0 aliphatic rings. The van der Waals surface area contributed by atoms with Crippen molar-refractivity contribution in [2.24, 2.45) is 0 Å². The summed E-state index contributed by atoms with van der Waals surface area (Å²) in [5, 5.41) is 0. The average molecular weight is 268 g/mol. The van der Waals surface area contributed by atoms with Gasteiger partial charge in [-0.05, 0) is 0 Å². The van der Waals surface area contributed by atoms with Gasteiger partial charge in [-0.3, -0.25) is 0 Å². The zero-order valence-electron chi connectivity index (χ0n) is 11.1. The van der Waals surface area contributed by atoms with Gasteiger partial charge in [-0.25, -0.2) is 0 Å². The maximum atomic E-state index is 10.6. The van der Waals surface area contributed by atoms with Gasteiger partial charge < -0.3 is 0 Å². The summed E-state index contributed by atoms with van der Waals surface area (Å²) in [5.41, 5.74) is 0. The first-order valence-electron chi connectivity index (χ1n) is 6.63. The van der Waals surface area contributed by atoms with Gasteiger partial charge in [0.05, 0.1) is 0 Å². The molecular formula is C12H29O2PS. The zero-order valence-corrected chi connectivity index (χ0v) is 12.8. The van der Waals surface area contributed by atoms with Crippen molar-refractivity contribution < 1.29 is 9.79 Å². The van der Waals surface area contributed by atoms with Crippen LogP contribution in [0.1, 0.15) is 59.3 Å². The molecule has 0 spiro atoms. The van der Waals surface area contributed by atoms with Crippen LogP contribution >= 0.6 is 17.6 Å². The van der Waals surface area contributed by atoms with E-state index in [9.17, 15) is 9.79 Å². The summed E-state index contributed by atoms with van der Waals surface area (Å²) in [6, 6.07) is 0. The molecule has 16 heavy (non-hydrogen) atoms. The Kier molecular flexibility index (Phi) is 8.26. The molecule has 0 aliphatic heterocycles. The van der Waals surface area contributed by atoms with Gasteiger partial charge in [0.1, 0.15) is 0 Å². The molecule has 0 aromatic heterocycles. The molecule has 0 saturated carbocycles. The van der Waals surface area contributed by atoms with E-state index in [1.165, 1.54) is 11.4 Å². The zero-order chi connectivity index (χ0) is 12.5. The topological polar surface area (TPSA) is 40.5 Å². The fraction of sp³-hybridized carbons (Fsp3) is 1.00. The van der Waals surface area contributed by atoms with Crippen LogP contribution in [-0.4, -0.2) is 27.9 Å². The third-order valence-electron chi connectivity index (χ3n) is 2.81. The second-order valence-corrected chi connectivity index (χ2v) is 12.1. The van der Waals surface area contributed by atoms with Gasteiger partial charge >= 0.3 is 105 Å². The predicted octanol–water partition coefficient (Wildman–Crippen LogP) is 4.40. The minimum absolute atomic E-state index is 0.622. The molecule has 0 aromatic carbocycles. The molecule has 0 unspecified atom stereocenters. The molecule has 100 valence electrons. The molecule has 0 atom stereocenters. The van der Waals surface area contributed by atoms with Crippen molar-refractivity contribution >= 4 is 17.6 Å². The molecule has 0 saturated heterocycles. The molecule has 0 aliphatic carbocycles. The van der Waals surface area contributed by atoms with Crippen LogP contribution in [0.15, 0.2) is 0 Å². The first-order valence-corrected chi connectivity index (χ1v) is 10.7. The van der Waals surface area contributed by atoms with Gasteiger partial charge in [0.2, 0.25) is 0 Å². The van der Waals surface area contributed by atoms with E-state index in [-0.39, 0.29) is 0 Å². The van der Waals surface area contributed by atoms with Crippen LogP contribution in [0.3, 0.4) is 0 Å². The Morgan fingerprint density at radius 2 is 1.25 bits per heavy atom. The Bertz CT molecular complexity index is 174. The van der Waals surface area contributed by atoms with Crippen LogP contribution in [0.4, 0.5) is 0 Å². The average Bonchev–Trinajstić information content (AvgIpc) is 2.25. The van der Waals surface area contributed by atoms with Gasteiger partial charge in [0.15, 0.2) is 0 Å². The van der Waals surface area contributed by atoms with E-state index in [1.807, 2.05) is 0 Å². The molecular weight excluding hydrogens is 239 g/mol. The van der Waals surface area contributed by atoms with E-state index in [0.717, 1.165) is 44.3 Å². The molecule has 0 amide bonds. The van der Waals surface area contributed by atoms with Crippen LogP contribution in [0.25, 0.3) is 0 Å². The van der Waals surface area contributed by atoms with Crippen molar-refractivity contribution in [1.82, 2.24) is 0 Å². The summed E-state index contributed by atoms with van der Waals surface area (Å²) in [4.78, 5) is 21.2. The van der Waals surface area contributed by atoms with E-state index in [4.69, 9.17) is 0 Å². The Labute approximate surface area is 105 Å². The van der Waals surface area contributed by atoms with Gasteiger partial charge in [0, 0.05) is 0 Å². The second-order valence-electron chi connectivity index (χ2n) is 4.64. The summed E-state index contributed by atoms with van der Waals surface area (Å²) in [6.07, 6.45) is 4.03. The SMILES string of the molecule is CCCCSP(O)(O)(CCCC)CCCC. The Hall–Kier alpha value is 0.700. The Balaban J connectivity index is 4.31. The molecule has 0 bridgehead atoms. The van der Waals surface area contributed by atoms with Crippen LogP contribution in [0.2, 0.25) is 0 Å². The van der Waals surface area contributed by atoms with Crippen molar-refractivity contribution in [2.75, 3.05) is 18.1 Å². The summed E-state index contributed by atoms with van der Waals surface area (Å²) in [6.45, 7) is 6.35. The molecule has 0 fully saturated rings. The third-order valence-corrected chi connectivity index (χ3v) is 9.74. The van der Waals surface area contributed by atoms with Crippen LogP contribution < -0.4 is 0 Å². The van der Waals surface area contributed by atoms with Gasteiger partial charge in [-0.15, -0.1) is 0 Å². The standard InChI is InChI=1S/C12H29O2PS/c1-4-7-10-15(13,14,11-8-5-2)16-12-9-6-3/h13-14H,4-12H2,1-3H3. The summed E-state index contributed by atoms with van der Waals surface area (Å²) < 4.78 is 0. The molecule has 0 heterocycles. The van der Waals surface area contributed by atoms with Crippen molar-refractivity contribution in [3.8, 4) is 0 Å². The molecule has 2 nitrogen and oxygen atoms in total. The molecule has 4 heteroatoms. The Morgan fingerprint density at radius 1 is 0.812 bits per heavy atom. The van der Waals surface area contributed by atoms with E-state index in [0.29, 0.717) is 12.3 Å². The Morgan fingerprint density at radius 3 is 1.62 bits per heavy atom. The number of hydrogen-bond donors (Lipinski definition) is 2. The summed E-state index contributed by atoms with van der Waals surface area (Å²) in [7, 11) is 0. The third kappa shape index (κ3) is 7.11. The van der Waals surface area contributed by atoms with Crippen molar-refractivity contribution in [2.45, 2.75) is 59.3 Å². The van der Waals surface area contributed by atoms with Gasteiger partial charge in [0.25, 0.3) is 0 Å². The molecule has 0 aromatic rings. The summed E-state index contributed by atoms with van der Waals surface area (Å²) >= 11 is 1.47. The quantitative estimate of drug-likeness (QED) is 0.455. The fourth-order valence-corrected chi connectivity index (χ4v) is 8.04. The maximum absolute atomic E-state index is 10.6. The van der Waals surface area contributed by atoms with Crippen molar-refractivity contribution in [3.63, 3.8) is 0 Å². The van der Waals surface area contributed by atoms with E-state index in [1.54, 1.807) is 0 Å². The van der Waals surface area contributed by atoms with E-state index in [2.05, 4.69) is 20.8 Å². The van der Waals surface area contributed by atoms with Crippen molar-refractivity contribution in [1.29, 1.82) is 0 Å². The van der Waals surface area contributed by atoms with Crippen LogP contribution in [0.5, 0.6) is 0 Å². The van der Waals surface area contributed by atoms with Gasteiger partial charge in [-0.2, -0.15) is 0 Å². The van der Waals surface area contributed by atoms with E-state index < -0.39 is 6.26 Å².